The summed E-state index contributed by atoms with van der Waals surface area (Å²) in [6, 6.07) is 10.9. The fourth-order valence-electron chi connectivity index (χ4n) is 2.13. The molecule has 0 saturated carbocycles. The molecule has 2 rings (SSSR count). The molecule has 8 heteroatoms. The van der Waals surface area contributed by atoms with E-state index < -0.39 is 30.2 Å². The van der Waals surface area contributed by atoms with E-state index in [1.54, 1.807) is 0 Å². The number of Topliss-reactive ketones (excluding diaryl/α,β-unsaturated/α-hetero) is 1. The van der Waals surface area contributed by atoms with Crippen molar-refractivity contribution in [1.29, 1.82) is 0 Å². The Hall–Kier alpha value is -3.55. The number of esters is 1. The summed E-state index contributed by atoms with van der Waals surface area (Å²) < 4.78 is 17.6. The van der Waals surface area contributed by atoms with Crippen LogP contribution in [-0.4, -0.2) is 30.2 Å². The summed E-state index contributed by atoms with van der Waals surface area (Å²) in [5, 5.41) is 2.49. The molecule has 3 N–H and O–H groups in total. The number of hydrogen-bond acceptors (Lipinski definition) is 5. The van der Waals surface area contributed by atoms with E-state index in [9.17, 15) is 23.6 Å². The third kappa shape index (κ3) is 6.35. The van der Waals surface area contributed by atoms with Crippen LogP contribution in [-0.2, 0) is 14.3 Å². The van der Waals surface area contributed by atoms with Gasteiger partial charge in [-0.25, -0.2) is 4.39 Å². The van der Waals surface area contributed by atoms with Crippen LogP contribution >= 0.6 is 0 Å². The summed E-state index contributed by atoms with van der Waals surface area (Å²) in [5.41, 5.74) is 6.11. The van der Waals surface area contributed by atoms with Crippen molar-refractivity contribution in [2.24, 2.45) is 5.73 Å². The average Bonchev–Trinajstić information content (AvgIpc) is 2.65. The SMILES string of the molecule is NC(=O)c1ccc(NC(=O)COC(=O)CCC(=O)c2ccc(F)cc2)cc1. The van der Waals surface area contributed by atoms with Gasteiger partial charge < -0.3 is 15.8 Å². The van der Waals surface area contributed by atoms with Crippen molar-refractivity contribution < 1.29 is 28.3 Å². The maximum atomic E-state index is 12.8. The van der Waals surface area contributed by atoms with Gasteiger partial charge in [0, 0.05) is 23.2 Å². The molecule has 0 atom stereocenters. The summed E-state index contributed by atoms with van der Waals surface area (Å²) in [7, 11) is 0. The van der Waals surface area contributed by atoms with Crippen LogP contribution in [0.1, 0.15) is 33.6 Å². The first-order chi connectivity index (χ1) is 12.8. The van der Waals surface area contributed by atoms with Crippen LogP contribution < -0.4 is 11.1 Å². The number of nitrogens with two attached hydrogens (primary N) is 1. The lowest BCUT2D eigenvalue weighted by atomic mass is 10.1. The number of rotatable bonds is 8. The molecule has 0 spiro atoms. The lowest BCUT2D eigenvalue weighted by Gasteiger charge is -2.07. The van der Waals surface area contributed by atoms with Crippen molar-refractivity contribution in [3.63, 3.8) is 0 Å². The van der Waals surface area contributed by atoms with Crippen LogP contribution in [0.15, 0.2) is 48.5 Å². The molecular formula is C19H17FN2O5. The number of nitrogens with one attached hydrogen (secondary N) is 1. The predicted octanol–water partition coefficient (Wildman–Crippen LogP) is 2.07. The fraction of sp³-hybridized carbons (Fsp3) is 0.158. The number of benzene rings is 2. The van der Waals surface area contributed by atoms with Crippen molar-refractivity contribution in [1.82, 2.24) is 0 Å². The van der Waals surface area contributed by atoms with Crippen molar-refractivity contribution >= 4 is 29.3 Å². The summed E-state index contributed by atoms with van der Waals surface area (Å²) in [6.07, 6.45) is -0.308. The Morgan fingerprint density at radius 3 is 2.07 bits per heavy atom. The number of ether oxygens (including phenoxy) is 1. The molecule has 2 aromatic carbocycles. The van der Waals surface area contributed by atoms with Crippen molar-refractivity contribution in [3.8, 4) is 0 Å². The van der Waals surface area contributed by atoms with E-state index in [1.165, 1.54) is 36.4 Å². The van der Waals surface area contributed by atoms with Gasteiger partial charge in [0.25, 0.3) is 5.91 Å². The van der Waals surface area contributed by atoms with E-state index in [0.29, 0.717) is 16.8 Å². The maximum Gasteiger partial charge on any atom is 0.306 e. The molecular weight excluding hydrogens is 355 g/mol. The standard InChI is InChI=1S/C19H17FN2O5/c20-14-5-1-12(2-6-14)16(23)9-10-18(25)27-11-17(24)22-15-7-3-13(4-8-15)19(21)26/h1-8H,9-11H2,(H2,21,26)(H,22,24). The number of carbonyl (C=O) groups excluding carboxylic acids is 4. The Labute approximate surface area is 154 Å². The van der Waals surface area contributed by atoms with Crippen LogP contribution in [0.2, 0.25) is 0 Å². The van der Waals surface area contributed by atoms with E-state index in [4.69, 9.17) is 10.5 Å². The molecule has 2 aromatic rings. The Morgan fingerprint density at radius 1 is 0.889 bits per heavy atom. The first-order valence-electron chi connectivity index (χ1n) is 7.99. The highest BCUT2D eigenvalue weighted by Gasteiger charge is 2.12. The predicted molar refractivity (Wildman–Crippen MR) is 94.5 cm³/mol. The van der Waals surface area contributed by atoms with Crippen LogP contribution in [0.3, 0.4) is 0 Å². The lowest BCUT2D eigenvalue weighted by Crippen LogP contribution is -2.21. The number of halogens is 1. The zero-order valence-corrected chi connectivity index (χ0v) is 14.2. The molecule has 27 heavy (non-hydrogen) atoms. The van der Waals surface area contributed by atoms with Gasteiger partial charge >= 0.3 is 5.97 Å². The van der Waals surface area contributed by atoms with Crippen LogP contribution in [0.5, 0.6) is 0 Å². The summed E-state index contributed by atoms with van der Waals surface area (Å²) >= 11 is 0. The molecule has 0 aliphatic carbocycles. The van der Waals surface area contributed by atoms with Gasteiger partial charge in [-0.1, -0.05) is 0 Å². The van der Waals surface area contributed by atoms with Crippen LogP contribution in [0, 0.1) is 5.82 Å². The van der Waals surface area contributed by atoms with Gasteiger partial charge in [0.05, 0.1) is 6.42 Å². The van der Waals surface area contributed by atoms with Crippen molar-refractivity contribution in [2.45, 2.75) is 12.8 Å². The number of ketones is 1. The Morgan fingerprint density at radius 2 is 1.48 bits per heavy atom. The van der Waals surface area contributed by atoms with Gasteiger partial charge in [-0.2, -0.15) is 0 Å². The van der Waals surface area contributed by atoms with Crippen LogP contribution in [0.4, 0.5) is 10.1 Å². The molecule has 0 aromatic heterocycles. The molecule has 0 radical (unpaired) electrons. The van der Waals surface area contributed by atoms with Gasteiger partial charge in [-0.15, -0.1) is 0 Å². The molecule has 0 aliphatic rings. The molecule has 0 bridgehead atoms. The fourth-order valence-corrected chi connectivity index (χ4v) is 2.13. The van der Waals surface area contributed by atoms with E-state index in [0.717, 1.165) is 12.1 Å². The minimum absolute atomic E-state index is 0.110. The lowest BCUT2D eigenvalue weighted by molar-refractivity contribution is -0.147. The van der Waals surface area contributed by atoms with Gasteiger partial charge in [0.1, 0.15) is 5.82 Å². The van der Waals surface area contributed by atoms with Crippen LogP contribution in [0.25, 0.3) is 0 Å². The van der Waals surface area contributed by atoms with Gasteiger partial charge in [0.15, 0.2) is 12.4 Å². The van der Waals surface area contributed by atoms with E-state index in [2.05, 4.69) is 5.32 Å². The number of carbonyl (C=O) groups is 4. The number of primary amides is 1. The zero-order chi connectivity index (χ0) is 19.8. The van der Waals surface area contributed by atoms with Gasteiger partial charge in [-0.05, 0) is 48.5 Å². The van der Waals surface area contributed by atoms with Crippen molar-refractivity contribution in [3.05, 3.63) is 65.5 Å². The third-order valence-electron chi connectivity index (χ3n) is 3.54. The quantitative estimate of drug-likeness (QED) is 0.544. The monoisotopic (exact) mass is 372 g/mol. The van der Waals surface area contributed by atoms with Gasteiger partial charge in [-0.3, -0.25) is 19.2 Å². The topological polar surface area (TPSA) is 116 Å². The minimum Gasteiger partial charge on any atom is -0.456 e. The summed E-state index contributed by atoms with van der Waals surface area (Å²) in [6.45, 7) is -0.513. The second kappa shape index (κ2) is 9.23. The molecule has 0 heterocycles. The Bertz CT molecular complexity index is 847. The first-order valence-corrected chi connectivity index (χ1v) is 7.99. The zero-order valence-electron chi connectivity index (χ0n) is 14.2. The van der Waals surface area contributed by atoms with E-state index >= 15 is 0 Å². The largest absolute Gasteiger partial charge is 0.456 e. The summed E-state index contributed by atoms with van der Waals surface area (Å²) in [4.78, 5) is 46.2. The highest BCUT2D eigenvalue weighted by molar-refractivity contribution is 5.98. The normalized spacial score (nSPS) is 10.1. The van der Waals surface area contributed by atoms with E-state index in [-0.39, 0.29) is 18.6 Å². The first kappa shape index (κ1) is 19.8. The number of anilines is 1. The molecule has 0 aliphatic heterocycles. The Balaban J connectivity index is 1.72. The second-order valence-electron chi connectivity index (χ2n) is 5.58. The molecule has 2 amide bonds. The third-order valence-corrected chi connectivity index (χ3v) is 3.54. The smallest absolute Gasteiger partial charge is 0.306 e. The molecule has 0 fully saturated rings. The molecule has 140 valence electrons. The maximum absolute atomic E-state index is 12.8. The highest BCUT2D eigenvalue weighted by atomic mass is 19.1. The van der Waals surface area contributed by atoms with Crippen molar-refractivity contribution in [2.75, 3.05) is 11.9 Å². The second-order valence-corrected chi connectivity index (χ2v) is 5.58. The average molecular weight is 372 g/mol. The highest BCUT2D eigenvalue weighted by Crippen LogP contribution is 2.10. The summed E-state index contributed by atoms with van der Waals surface area (Å²) in [5.74, 6) is -2.64. The van der Waals surface area contributed by atoms with E-state index in [1.807, 2.05) is 0 Å². The molecule has 0 saturated heterocycles. The number of hydrogen-bond donors (Lipinski definition) is 2. The minimum atomic E-state index is -0.704. The number of amides is 2. The molecule has 7 nitrogen and oxygen atoms in total. The molecule has 0 unspecified atom stereocenters. The van der Waals surface area contributed by atoms with Gasteiger partial charge in [0.2, 0.25) is 5.91 Å². The Kier molecular flexibility index (Phi) is 6.76.